The second-order valence-electron chi connectivity index (χ2n) is 3.90. The first-order valence-corrected chi connectivity index (χ1v) is 5.27. The number of hydrogen-bond donors (Lipinski definition) is 2. The van der Waals surface area contributed by atoms with E-state index in [1.165, 1.54) is 19.4 Å². The van der Waals surface area contributed by atoms with Crippen molar-refractivity contribution < 1.29 is 4.74 Å². The van der Waals surface area contributed by atoms with Gasteiger partial charge < -0.3 is 15.4 Å². The number of rotatable bonds is 8. The predicted octanol–water partition coefficient (Wildman–Crippen LogP) is 0.610. The van der Waals surface area contributed by atoms with Crippen molar-refractivity contribution in [3.8, 4) is 0 Å². The lowest BCUT2D eigenvalue weighted by Gasteiger charge is -2.10. The average molecular weight is 186 g/mol. The fourth-order valence-electron chi connectivity index (χ4n) is 1.19. The van der Waals surface area contributed by atoms with Crippen LogP contribution in [-0.2, 0) is 4.74 Å². The van der Waals surface area contributed by atoms with Crippen LogP contribution < -0.4 is 10.6 Å². The summed E-state index contributed by atoms with van der Waals surface area (Å²) in [6.45, 7) is 6.35. The molecule has 1 unspecified atom stereocenters. The summed E-state index contributed by atoms with van der Waals surface area (Å²) < 4.78 is 5.12. The van der Waals surface area contributed by atoms with Gasteiger partial charge in [-0.15, -0.1) is 0 Å². The minimum Gasteiger partial charge on any atom is -0.380 e. The first kappa shape index (κ1) is 11.0. The molecule has 0 radical (unpaired) electrons. The van der Waals surface area contributed by atoms with Gasteiger partial charge in [-0.2, -0.15) is 0 Å². The fraction of sp³-hybridized carbons (Fsp3) is 1.00. The standard InChI is InChI=1S/C10H22N2O/c1-9(13-2)7-11-5-6-12-8-10-3-4-10/h9-12H,3-8H2,1-2H3. The van der Waals surface area contributed by atoms with Gasteiger partial charge in [0, 0.05) is 26.7 Å². The third-order valence-electron chi connectivity index (χ3n) is 2.44. The van der Waals surface area contributed by atoms with Gasteiger partial charge in [0.25, 0.3) is 0 Å². The largest absolute Gasteiger partial charge is 0.380 e. The van der Waals surface area contributed by atoms with Crippen molar-refractivity contribution in [3.63, 3.8) is 0 Å². The summed E-state index contributed by atoms with van der Waals surface area (Å²) in [5, 5.41) is 6.78. The van der Waals surface area contributed by atoms with Crippen molar-refractivity contribution in [3.05, 3.63) is 0 Å². The number of methoxy groups -OCH3 is 1. The zero-order valence-electron chi connectivity index (χ0n) is 8.81. The molecule has 0 aromatic rings. The highest BCUT2D eigenvalue weighted by Crippen LogP contribution is 2.27. The molecule has 1 fully saturated rings. The normalized spacial score (nSPS) is 18.9. The van der Waals surface area contributed by atoms with Crippen molar-refractivity contribution in [2.45, 2.75) is 25.9 Å². The molecule has 0 spiro atoms. The van der Waals surface area contributed by atoms with E-state index in [1.54, 1.807) is 7.11 Å². The highest BCUT2D eigenvalue weighted by atomic mass is 16.5. The summed E-state index contributed by atoms with van der Waals surface area (Å²) in [4.78, 5) is 0. The van der Waals surface area contributed by atoms with Crippen LogP contribution in [0.2, 0.25) is 0 Å². The van der Waals surface area contributed by atoms with Crippen LogP contribution in [-0.4, -0.2) is 39.4 Å². The van der Waals surface area contributed by atoms with E-state index in [1.807, 2.05) is 0 Å². The minimum atomic E-state index is 0.323. The molecule has 78 valence electrons. The van der Waals surface area contributed by atoms with Crippen LogP contribution in [0.4, 0.5) is 0 Å². The van der Waals surface area contributed by atoms with Crippen LogP contribution in [0.25, 0.3) is 0 Å². The maximum Gasteiger partial charge on any atom is 0.0667 e. The zero-order chi connectivity index (χ0) is 9.52. The molecule has 13 heavy (non-hydrogen) atoms. The Balaban J connectivity index is 1.72. The Kier molecular flexibility index (Phi) is 5.35. The third kappa shape index (κ3) is 6.02. The highest BCUT2D eigenvalue weighted by Gasteiger charge is 2.19. The Morgan fingerprint density at radius 2 is 2.00 bits per heavy atom. The molecule has 0 saturated heterocycles. The molecular formula is C10H22N2O. The van der Waals surface area contributed by atoms with Gasteiger partial charge in [-0.25, -0.2) is 0 Å². The molecule has 1 saturated carbocycles. The van der Waals surface area contributed by atoms with Crippen molar-refractivity contribution in [2.24, 2.45) is 5.92 Å². The number of hydrogen-bond acceptors (Lipinski definition) is 3. The predicted molar refractivity (Wildman–Crippen MR) is 54.9 cm³/mol. The molecule has 1 atom stereocenters. The highest BCUT2D eigenvalue weighted by molar-refractivity contribution is 4.75. The summed E-state index contributed by atoms with van der Waals surface area (Å²) in [6, 6.07) is 0. The quantitative estimate of drug-likeness (QED) is 0.545. The average Bonchev–Trinajstić information content (AvgIpc) is 2.94. The molecule has 0 bridgehead atoms. The van der Waals surface area contributed by atoms with Gasteiger partial charge >= 0.3 is 0 Å². The van der Waals surface area contributed by atoms with Gasteiger partial charge in [0.1, 0.15) is 0 Å². The first-order chi connectivity index (χ1) is 6.33. The number of ether oxygens (including phenoxy) is 1. The van der Waals surface area contributed by atoms with E-state index in [-0.39, 0.29) is 0 Å². The molecule has 0 amide bonds. The Bertz CT molecular complexity index is 126. The summed E-state index contributed by atoms with van der Waals surface area (Å²) in [7, 11) is 1.75. The zero-order valence-corrected chi connectivity index (χ0v) is 8.81. The van der Waals surface area contributed by atoms with Crippen LogP contribution in [0.15, 0.2) is 0 Å². The molecule has 0 heterocycles. The molecule has 0 aromatic carbocycles. The van der Waals surface area contributed by atoms with Gasteiger partial charge in [0.2, 0.25) is 0 Å². The molecule has 0 aromatic heterocycles. The van der Waals surface area contributed by atoms with Crippen molar-refractivity contribution in [2.75, 3.05) is 33.3 Å². The third-order valence-corrected chi connectivity index (χ3v) is 2.44. The van der Waals surface area contributed by atoms with Crippen LogP contribution in [0.3, 0.4) is 0 Å². The Labute approximate surface area is 81.2 Å². The van der Waals surface area contributed by atoms with Crippen LogP contribution in [0.1, 0.15) is 19.8 Å². The van der Waals surface area contributed by atoms with E-state index < -0.39 is 0 Å². The molecule has 3 nitrogen and oxygen atoms in total. The SMILES string of the molecule is COC(C)CNCCNCC1CC1. The lowest BCUT2D eigenvalue weighted by molar-refractivity contribution is 0.117. The Morgan fingerprint density at radius 1 is 1.31 bits per heavy atom. The van der Waals surface area contributed by atoms with Gasteiger partial charge in [0.05, 0.1) is 6.10 Å². The molecular weight excluding hydrogens is 164 g/mol. The van der Waals surface area contributed by atoms with Crippen LogP contribution in [0, 0.1) is 5.92 Å². The molecule has 1 aliphatic rings. The molecule has 3 heteroatoms. The maximum absolute atomic E-state index is 5.12. The summed E-state index contributed by atoms with van der Waals surface area (Å²) in [6.07, 6.45) is 3.19. The Hall–Kier alpha value is -0.120. The van der Waals surface area contributed by atoms with Crippen LogP contribution >= 0.6 is 0 Å². The van der Waals surface area contributed by atoms with Gasteiger partial charge in [-0.3, -0.25) is 0 Å². The van der Waals surface area contributed by atoms with Crippen LogP contribution in [0.5, 0.6) is 0 Å². The minimum absolute atomic E-state index is 0.323. The second-order valence-corrected chi connectivity index (χ2v) is 3.90. The van der Waals surface area contributed by atoms with Gasteiger partial charge in [-0.1, -0.05) is 0 Å². The molecule has 0 aliphatic heterocycles. The molecule has 2 N–H and O–H groups in total. The maximum atomic E-state index is 5.12. The summed E-state index contributed by atoms with van der Waals surface area (Å²) in [5.74, 6) is 0.984. The van der Waals surface area contributed by atoms with Gasteiger partial charge in [-0.05, 0) is 32.2 Å². The van der Waals surface area contributed by atoms with Crippen molar-refractivity contribution >= 4 is 0 Å². The lowest BCUT2D eigenvalue weighted by atomic mass is 10.4. The molecule has 1 rings (SSSR count). The Morgan fingerprint density at radius 3 is 2.62 bits per heavy atom. The van der Waals surface area contributed by atoms with Gasteiger partial charge in [0.15, 0.2) is 0 Å². The summed E-state index contributed by atoms with van der Waals surface area (Å²) in [5.41, 5.74) is 0. The van der Waals surface area contributed by atoms with E-state index in [0.29, 0.717) is 6.10 Å². The van der Waals surface area contributed by atoms with E-state index >= 15 is 0 Å². The van der Waals surface area contributed by atoms with E-state index in [2.05, 4.69) is 17.6 Å². The molecule has 1 aliphatic carbocycles. The monoisotopic (exact) mass is 186 g/mol. The van der Waals surface area contributed by atoms with E-state index in [9.17, 15) is 0 Å². The first-order valence-electron chi connectivity index (χ1n) is 5.27. The smallest absolute Gasteiger partial charge is 0.0667 e. The fourth-order valence-corrected chi connectivity index (χ4v) is 1.19. The second kappa shape index (κ2) is 6.35. The lowest BCUT2D eigenvalue weighted by Crippen LogP contribution is -2.33. The van der Waals surface area contributed by atoms with Crippen molar-refractivity contribution in [1.82, 2.24) is 10.6 Å². The van der Waals surface area contributed by atoms with E-state index in [4.69, 9.17) is 4.74 Å². The summed E-state index contributed by atoms with van der Waals surface area (Å²) >= 11 is 0. The number of nitrogens with one attached hydrogen (secondary N) is 2. The van der Waals surface area contributed by atoms with Crippen molar-refractivity contribution in [1.29, 1.82) is 0 Å². The topological polar surface area (TPSA) is 33.3 Å². The van der Waals surface area contributed by atoms with E-state index in [0.717, 1.165) is 25.6 Å².